The number of aliphatic hydroxyl groups excluding tert-OH is 8. The summed E-state index contributed by atoms with van der Waals surface area (Å²) < 4.78 is 0. The lowest BCUT2D eigenvalue weighted by Crippen LogP contribution is -2.64. The number of nitrogens with one attached hydrogen (secondary N) is 5. The number of benzene rings is 1. The zero-order valence-electron chi connectivity index (χ0n) is 43.1. The van der Waals surface area contributed by atoms with Crippen molar-refractivity contribution in [2.24, 2.45) is 17.6 Å². The van der Waals surface area contributed by atoms with Gasteiger partial charge >= 0.3 is 0 Å². The number of amides is 8. The number of aliphatic hydroxyl groups is 8. The van der Waals surface area contributed by atoms with Gasteiger partial charge in [-0.25, -0.2) is 0 Å². The van der Waals surface area contributed by atoms with Crippen LogP contribution in [0.1, 0.15) is 129 Å². The highest BCUT2D eigenvalue weighted by molar-refractivity contribution is 5.98. The van der Waals surface area contributed by atoms with Crippen molar-refractivity contribution in [3.63, 3.8) is 0 Å². The Bertz CT molecular complexity index is 2100. The lowest BCUT2D eigenvalue weighted by atomic mass is 9.91. The highest BCUT2D eigenvalue weighted by atomic mass is 16.3. The number of primary amides is 1. The van der Waals surface area contributed by atoms with Gasteiger partial charge in [-0.15, -0.1) is 0 Å². The number of hydrogen-bond acceptors (Lipinski definition) is 17. The number of phenolic OH excluding ortho intramolecular Hbond substituents is 1. The number of fused-ring (bicyclic) bond motifs is 2. The van der Waals surface area contributed by atoms with E-state index in [1.54, 1.807) is 0 Å². The quantitative estimate of drug-likeness (QED) is 0.0568. The maximum atomic E-state index is 14.4. The summed E-state index contributed by atoms with van der Waals surface area (Å²) in [5.41, 5.74) is 5.21. The third-order valence-corrected chi connectivity index (χ3v) is 14.3. The molecule has 16 atom stereocenters. The molecule has 422 valence electrons. The van der Waals surface area contributed by atoms with Gasteiger partial charge in [0.2, 0.25) is 47.3 Å². The molecule has 4 rings (SSSR count). The van der Waals surface area contributed by atoms with Gasteiger partial charge in [-0.1, -0.05) is 77.8 Å². The van der Waals surface area contributed by atoms with Gasteiger partial charge in [-0.05, 0) is 49.3 Å². The second kappa shape index (κ2) is 29.1. The van der Waals surface area contributed by atoms with Gasteiger partial charge in [0.05, 0.1) is 30.8 Å². The van der Waals surface area contributed by atoms with E-state index in [1.165, 1.54) is 6.42 Å². The highest BCUT2D eigenvalue weighted by Gasteiger charge is 2.48. The van der Waals surface area contributed by atoms with Crippen molar-refractivity contribution in [1.82, 2.24) is 36.4 Å². The topological polar surface area (TPSA) is 411 Å². The standard InChI is InChI=1S/C50H80N8O17/c1-5-25(2)18-26(3)12-10-8-6-7-9-11-13-38(66)52-32-21-36(64)47(72)56-46(71)34-20-31(62)24-58(34)50(75)40(35(63)22-37(51)65)54-48(73)41(43(68)42(67)28-14-16-29(60)17-15-28)55-45(70)33-19-30(61)23-57(33)49(74)39(27(4)59)53-44(32)69/h14-17,25-27,30-36,39-43,47,59-64,67-68,72H,5-13,18-24H2,1-4H3,(H2,51,65)(H,52,66)(H,53,69)(H,54,73)(H,55,70)(H,56,71)/t25?,26?,27-,30-,31-,32?,33+,34+,35-,36+,39+,40+,41+,42-,43?,47-/m1/s1. The Morgan fingerprint density at radius 2 is 1.20 bits per heavy atom. The molecule has 3 aliphatic rings. The van der Waals surface area contributed by atoms with E-state index in [2.05, 4.69) is 47.4 Å². The molecule has 75 heavy (non-hydrogen) atoms. The van der Waals surface area contributed by atoms with Gasteiger partial charge in [0.25, 0.3) is 0 Å². The van der Waals surface area contributed by atoms with Crippen LogP contribution < -0.4 is 32.3 Å². The van der Waals surface area contributed by atoms with Crippen LogP contribution in [0.3, 0.4) is 0 Å². The molecule has 1 aromatic rings. The number of carbonyl (C=O) groups excluding carboxylic acids is 8. The number of nitrogens with zero attached hydrogens (tertiary/aromatic N) is 2. The predicted octanol–water partition coefficient (Wildman–Crippen LogP) is -3.34. The lowest BCUT2D eigenvalue weighted by molar-refractivity contribution is -0.148. The first-order valence-electron chi connectivity index (χ1n) is 26.0. The van der Waals surface area contributed by atoms with Gasteiger partial charge in [0, 0.05) is 38.8 Å². The smallest absolute Gasteiger partial charge is 0.248 e. The number of rotatable bonds is 20. The van der Waals surface area contributed by atoms with E-state index in [4.69, 9.17) is 5.73 Å². The van der Waals surface area contributed by atoms with Gasteiger partial charge < -0.3 is 88.1 Å². The summed E-state index contributed by atoms with van der Waals surface area (Å²) in [5.74, 6) is -8.48. The van der Waals surface area contributed by atoms with E-state index < -0.39 is 171 Å². The van der Waals surface area contributed by atoms with Gasteiger partial charge in [0.15, 0.2) is 6.23 Å². The molecule has 0 saturated carbocycles. The van der Waals surface area contributed by atoms with Crippen LogP contribution in [0.25, 0.3) is 0 Å². The number of hydrogen-bond donors (Lipinski definition) is 15. The average molecular weight is 1070 g/mol. The maximum Gasteiger partial charge on any atom is 0.248 e. The van der Waals surface area contributed by atoms with Crippen molar-refractivity contribution in [3.8, 4) is 5.75 Å². The Labute approximate surface area is 436 Å². The molecule has 3 heterocycles. The van der Waals surface area contributed by atoms with E-state index in [-0.39, 0.29) is 17.7 Å². The summed E-state index contributed by atoms with van der Waals surface area (Å²) in [7, 11) is 0. The molecule has 16 N–H and O–H groups in total. The number of phenols is 1. The second-order valence-electron chi connectivity index (χ2n) is 20.6. The predicted molar refractivity (Wildman–Crippen MR) is 265 cm³/mol. The van der Waals surface area contributed by atoms with Crippen molar-refractivity contribution >= 4 is 47.3 Å². The van der Waals surface area contributed by atoms with E-state index in [0.717, 1.165) is 74.6 Å². The van der Waals surface area contributed by atoms with E-state index in [0.29, 0.717) is 29.6 Å². The van der Waals surface area contributed by atoms with E-state index in [1.807, 2.05) is 0 Å². The van der Waals surface area contributed by atoms with Crippen molar-refractivity contribution in [2.45, 2.75) is 203 Å². The molecule has 3 fully saturated rings. The molecule has 0 radical (unpaired) electrons. The van der Waals surface area contributed by atoms with Crippen LogP contribution in [0, 0.1) is 11.8 Å². The van der Waals surface area contributed by atoms with Crippen molar-refractivity contribution < 1.29 is 84.3 Å². The Morgan fingerprint density at radius 3 is 1.76 bits per heavy atom. The molecule has 0 aliphatic carbocycles. The number of unbranched alkanes of at least 4 members (excludes halogenated alkanes) is 5. The molecule has 8 amide bonds. The van der Waals surface area contributed by atoms with Crippen LogP contribution in [-0.2, 0) is 38.4 Å². The fourth-order valence-electron chi connectivity index (χ4n) is 9.77. The zero-order valence-corrected chi connectivity index (χ0v) is 43.1. The normalized spacial score (nSPS) is 29.0. The summed E-state index contributed by atoms with van der Waals surface area (Å²) in [4.78, 5) is 112. The summed E-state index contributed by atoms with van der Waals surface area (Å²) >= 11 is 0. The summed E-state index contributed by atoms with van der Waals surface area (Å²) in [5, 5.41) is 110. The summed E-state index contributed by atoms with van der Waals surface area (Å²) in [6, 6.07) is -7.16. The minimum Gasteiger partial charge on any atom is -0.508 e. The number of carbonyl (C=O) groups is 8. The largest absolute Gasteiger partial charge is 0.508 e. The van der Waals surface area contributed by atoms with Crippen LogP contribution in [0.15, 0.2) is 24.3 Å². The molecular formula is C50H80N8O17. The monoisotopic (exact) mass is 1060 g/mol. The fourth-order valence-corrected chi connectivity index (χ4v) is 9.77. The Balaban J connectivity index is 1.69. The molecule has 0 bridgehead atoms. The average Bonchev–Trinajstić information content (AvgIpc) is 3.95. The van der Waals surface area contributed by atoms with E-state index >= 15 is 0 Å². The second-order valence-corrected chi connectivity index (χ2v) is 20.6. The molecule has 3 saturated heterocycles. The molecule has 25 nitrogen and oxygen atoms in total. The Morgan fingerprint density at radius 1 is 0.680 bits per heavy atom. The van der Waals surface area contributed by atoms with Gasteiger partial charge in [-0.3, -0.25) is 38.4 Å². The fraction of sp³-hybridized carbons (Fsp3) is 0.720. The minimum absolute atomic E-state index is 0.0751. The molecule has 0 aromatic heterocycles. The third-order valence-electron chi connectivity index (χ3n) is 14.3. The first kappa shape index (κ1) is 62.0. The summed E-state index contributed by atoms with van der Waals surface area (Å²) in [6.07, 6.45) is -10.0. The van der Waals surface area contributed by atoms with E-state index in [9.17, 15) is 84.3 Å². The Kier molecular flexibility index (Phi) is 24.1. The molecule has 3 aliphatic heterocycles. The van der Waals surface area contributed by atoms with Crippen molar-refractivity contribution in [2.75, 3.05) is 13.1 Å². The van der Waals surface area contributed by atoms with Crippen LogP contribution in [0.4, 0.5) is 0 Å². The van der Waals surface area contributed by atoms with Crippen LogP contribution in [0.5, 0.6) is 5.75 Å². The molecule has 1 aromatic carbocycles. The molecular weight excluding hydrogens is 985 g/mol. The SMILES string of the molecule is CCC(C)CC(C)CCCCCCCCC(=O)NC1C[C@H](O)[C@@H](O)NC(=O)[C@@H]2C[C@@H](O)CN2C(=O)[C@H]([C@H](O)CC(N)=O)NC(=O)[C@H](C(O)[C@H](O)c2ccc(O)cc2)NC(=O)[C@@H]2C[C@@H](O)CN2C(=O)[C@H]([C@@H](C)O)NC1=O. The van der Waals surface area contributed by atoms with Crippen LogP contribution in [0.2, 0.25) is 0 Å². The zero-order chi connectivity index (χ0) is 55.8. The Hall–Kier alpha value is -5.54. The molecule has 4 unspecified atom stereocenters. The first-order valence-corrected chi connectivity index (χ1v) is 26.0. The lowest BCUT2D eigenvalue weighted by Gasteiger charge is -2.34. The van der Waals surface area contributed by atoms with Gasteiger partial charge in [0.1, 0.15) is 60.3 Å². The number of nitrogens with two attached hydrogens (primary N) is 1. The third kappa shape index (κ3) is 18.0. The maximum absolute atomic E-state index is 14.4. The van der Waals surface area contributed by atoms with Gasteiger partial charge in [-0.2, -0.15) is 0 Å². The first-order chi connectivity index (χ1) is 35.3. The van der Waals surface area contributed by atoms with Crippen LogP contribution >= 0.6 is 0 Å². The van der Waals surface area contributed by atoms with Crippen LogP contribution in [-0.4, -0.2) is 195 Å². The number of aromatic hydroxyl groups is 1. The summed E-state index contributed by atoms with van der Waals surface area (Å²) in [6.45, 7) is 6.57. The minimum atomic E-state index is -2.36. The highest BCUT2D eigenvalue weighted by Crippen LogP contribution is 2.27. The molecule has 25 heteroatoms. The van der Waals surface area contributed by atoms with Crippen molar-refractivity contribution in [1.29, 1.82) is 0 Å². The van der Waals surface area contributed by atoms with Crippen molar-refractivity contribution in [3.05, 3.63) is 29.8 Å². The molecule has 0 spiro atoms.